The van der Waals surface area contributed by atoms with E-state index in [0.717, 1.165) is 18.2 Å². The summed E-state index contributed by atoms with van der Waals surface area (Å²) in [5, 5.41) is 9.65. The number of pyridine rings is 1. The van der Waals surface area contributed by atoms with Crippen LogP contribution in [0.1, 0.15) is 26.3 Å². The van der Waals surface area contributed by atoms with E-state index in [4.69, 9.17) is 21.1 Å². The number of rotatable bonds is 8. The van der Waals surface area contributed by atoms with E-state index in [-0.39, 0.29) is 16.4 Å². The quantitative estimate of drug-likeness (QED) is 0.322. The molecule has 12 heteroatoms. The van der Waals surface area contributed by atoms with E-state index < -0.39 is 58.0 Å². The number of hydrogen-bond acceptors (Lipinski definition) is 5. The number of alkyl halides is 3. The van der Waals surface area contributed by atoms with Crippen LogP contribution in [0.5, 0.6) is 5.75 Å². The van der Waals surface area contributed by atoms with Gasteiger partial charge in [0.1, 0.15) is 16.7 Å². The van der Waals surface area contributed by atoms with Gasteiger partial charge >= 0.3 is 6.18 Å². The Labute approximate surface area is 190 Å². The first kappa shape index (κ1) is 26.5. The summed E-state index contributed by atoms with van der Waals surface area (Å²) in [4.78, 5) is 4.05. The molecule has 32 heavy (non-hydrogen) atoms. The van der Waals surface area contributed by atoms with E-state index in [9.17, 15) is 26.9 Å². The predicted octanol–water partition coefficient (Wildman–Crippen LogP) is 4.33. The van der Waals surface area contributed by atoms with Gasteiger partial charge in [0.2, 0.25) is 0 Å². The molecule has 0 aliphatic carbocycles. The maximum absolute atomic E-state index is 14.5. The van der Waals surface area contributed by atoms with E-state index in [0.29, 0.717) is 0 Å². The number of methoxy groups -OCH3 is 1. The molecular formula is C20H23ClF4N2O4S. The SMILES string of the molecule is COCOc1c([C@](CO)(NS(=O)C(C)(C)C)C(F)(F)F)cc(Cl)nc1-c1ccc(F)cc1. The lowest BCUT2D eigenvalue weighted by molar-refractivity contribution is -0.205. The minimum absolute atomic E-state index is 0.144. The number of aromatic nitrogens is 1. The van der Waals surface area contributed by atoms with Crippen LogP contribution >= 0.6 is 11.6 Å². The number of aliphatic hydroxyl groups is 1. The Morgan fingerprint density at radius 2 is 1.78 bits per heavy atom. The fourth-order valence-electron chi connectivity index (χ4n) is 2.67. The van der Waals surface area contributed by atoms with Crippen molar-refractivity contribution in [2.75, 3.05) is 20.5 Å². The molecule has 0 fully saturated rings. The molecule has 2 aromatic rings. The standard InChI is InChI=1S/C20H23ClF4N2O4S/c1-18(2,3)32(29)27-19(10-28,20(23,24)25)14-9-15(21)26-16(17(14)31-11-30-4)12-5-7-13(22)8-6-12/h5-9,27-28H,10-11H2,1-4H3/t19-,32?/m0/s1. The van der Waals surface area contributed by atoms with E-state index in [1.165, 1.54) is 40.0 Å². The number of halogens is 5. The Morgan fingerprint density at radius 3 is 2.25 bits per heavy atom. The Bertz CT molecular complexity index is 968. The molecular weight excluding hydrogens is 476 g/mol. The van der Waals surface area contributed by atoms with Crippen molar-refractivity contribution in [1.82, 2.24) is 9.71 Å². The summed E-state index contributed by atoms with van der Waals surface area (Å²) in [5.41, 5.74) is -3.82. The lowest BCUT2D eigenvalue weighted by atomic mass is 9.89. The molecule has 6 nitrogen and oxygen atoms in total. The Hall–Kier alpha value is -1.79. The molecule has 2 atom stereocenters. The smallest absolute Gasteiger partial charge is 0.414 e. The molecule has 0 saturated carbocycles. The zero-order chi connectivity index (χ0) is 24.3. The fourth-order valence-corrected chi connectivity index (χ4v) is 3.78. The molecule has 178 valence electrons. The lowest BCUT2D eigenvalue weighted by Crippen LogP contribution is -2.59. The zero-order valence-corrected chi connectivity index (χ0v) is 19.3. The van der Waals surface area contributed by atoms with Crippen LogP contribution in [0.3, 0.4) is 0 Å². The first-order valence-corrected chi connectivity index (χ1v) is 10.8. The normalized spacial score (nSPS) is 15.3. The number of hydrogen-bond donors (Lipinski definition) is 2. The van der Waals surface area contributed by atoms with Gasteiger partial charge in [-0.3, -0.25) is 0 Å². The van der Waals surface area contributed by atoms with Crippen LogP contribution in [0.2, 0.25) is 5.15 Å². The predicted molar refractivity (Wildman–Crippen MR) is 113 cm³/mol. The highest BCUT2D eigenvalue weighted by molar-refractivity contribution is 7.84. The third kappa shape index (κ3) is 5.57. The molecule has 0 spiro atoms. The van der Waals surface area contributed by atoms with Gasteiger partial charge in [-0.1, -0.05) is 11.6 Å². The summed E-state index contributed by atoms with van der Waals surface area (Å²) in [7, 11) is -0.998. The van der Waals surface area contributed by atoms with Gasteiger partial charge in [0.15, 0.2) is 18.1 Å². The summed E-state index contributed by atoms with van der Waals surface area (Å²) in [6.07, 6.45) is -5.14. The Kier molecular flexibility index (Phi) is 8.27. The van der Waals surface area contributed by atoms with Gasteiger partial charge in [0, 0.05) is 18.2 Å². The largest absolute Gasteiger partial charge is 0.465 e. The van der Waals surface area contributed by atoms with E-state index in [2.05, 4.69) is 4.98 Å². The molecule has 2 N–H and O–H groups in total. The van der Waals surface area contributed by atoms with Gasteiger partial charge in [-0.25, -0.2) is 18.3 Å². The van der Waals surface area contributed by atoms with E-state index in [1.807, 2.05) is 4.72 Å². The van der Waals surface area contributed by atoms with Crippen molar-refractivity contribution in [3.8, 4) is 17.0 Å². The van der Waals surface area contributed by atoms with Crippen LogP contribution in [0.15, 0.2) is 30.3 Å². The minimum Gasteiger partial charge on any atom is -0.465 e. The van der Waals surface area contributed by atoms with Gasteiger partial charge in [0.25, 0.3) is 0 Å². The molecule has 0 saturated heterocycles. The van der Waals surface area contributed by atoms with Gasteiger partial charge < -0.3 is 14.6 Å². The summed E-state index contributed by atoms with van der Waals surface area (Å²) in [6, 6.07) is 5.62. The third-order valence-electron chi connectivity index (χ3n) is 4.38. The molecule has 0 aliphatic rings. The fraction of sp³-hybridized carbons (Fsp3) is 0.450. The summed E-state index contributed by atoms with van der Waals surface area (Å²) in [5.74, 6) is -0.995. The Balaban J connectivity index is 2.87. The van der Waals surface area contributed by atoms with Crippen LogP contribution < -0.4 is 9.46 Å². The second-order valence-corrected chi connectivity index (χ2v) is 10.1. The molecule has 0 bridgehead atoms. The highest BCUT2D eigenvalue weighted by atomic mass is 35.5. The summed E-state index contributed by atoms with van der Waals surface area (Å²) >= 11 is 6.05. The van der Waals surface area contributed by atoms with Crippen LogP contribution in [0, 0.1) is 5.82 Å². The Morgan fingerprint density at radius 1 is 1.19 bits per heavy atom. The molecule has 0 aliphatic heterocycles. The zero-order valence-electron chi connectivity index (χ0n) is 17.7. The number of benzene rings is 1. The van der Waals surface area contributed by atoms with Gasteiger partial charge in [-0.2, -0.15) is 13.2 Å². The van der Waals surface area contributed by atoms with Crippen LogP contribution in [0.4, 0.5) is 17.6 Å². The van der Waals surface area contributed by atoms with Crippen molar-refractivity contribution in [1.29, 1.82) is 0 Å². The van der Waals surface area contributed by atoms with E-state index in [1.54, 1.807) is 0 Å². The topological polar surface area (TPSA) is 80.7 Å². The first-order chi connectivity index (χ1) is 14.8. The molecule has 1 unspecified atom stereocenters. The lowest BCUT2D eigenvalue weighted by Gasteiger charge is -2.38. The number of nitrogens with zero attached hydrogens (tertiary/aromatic N) is 1. The van der Waals surface area contributed by atoms with Gasteiger partial charge in [0.05, 0.1) is 22.3 Å². The van der Waals surface area contributed by atoms with Crippen molar-refractivity contribution < 1.29 is 36.4 Å². The monoisotopic (exact) mass is 498 g/mol. The van der Waals surface area contributed by atoms with Crippen molar-refractivity contribution in [2.45, 2.75) is 37.2 Å². The van der Waals surface area contributed by atoms with Crippen LogP contribution in [-0.4, -0.2) is 45.7 Å². The van der Waals surface area contributed by atoms with Crippen molar-refractivity contribution >= 4 is 22.6 Å². The second kappa shape index (κ2) is 10.0. The van der Waals surface area contributed by atoms with E-state index >= 15 is 0 Å². The number of aliphatic hydroxyl groups excluding tert-OH is 1. The van der Waals surface area contributed by atoms with Crippen molar-refractivity contribution in [2.24, 2.45) is 0 Å². The second-order valence-electron chi connectivity index (χ2n) is 7.77. The van der Waals surface area contributed by atoms with Crippen molar-refractivity contribution in [3.05, 3.63) is 46.9 Å². The summed E-state index contributed by atoms with van der Waals surface area (Å²) in [6.45, 7) is 2.43. The van der Waals surface area contributed by atoms with Gasteiger partial charge in [-0.15, -0.1) is 0 Å². The number of ether oxygens (including phenoxy) is 2. The maximum atomic E-state index is 14.5. The molecule has 2 rings (SSSR count). The highest BCUT2D eigenvalue weighted by Crippen LogP contribution is 2.47. The first-order valence-electron chi connectivity index (χ1n) is 9.23. The molecule has 0 radical (unpaired) electrons. The average Bonchev–Trinajstić information content (AvgIpc) is 2.69. The maximum Gasteiger partial charge on any atom is 0.414 e. The van der Waals surface area contributed by atoms with Crippen molar-refractivity contribution in [3.63, 3.8) is 0 Å². The third-order valence-corrected chi connectivity index (χ3v) is 6.22. The highest BCUT2D eigenvalue weighted by Gasteiger charge is 2.59. The molecule has 1 aromatic heterocycles. The van der Waals surface area contributed by atoms with Gasteiger partial charge in [-0.05, 0) is 51.1 Å². The molecule has 0 amide bonds. The number of nitrogens with one attached hydrogen (secondary N) is 1. The van der Waals surface area contributed by atoms with Crippen LogP contribution in [-0.2, 0) is 21.3 Å². The average molecular weight is 499 g/mol. The molecule has 1 heterocycles. The minimum atomic E-state index is -5.14. The summed E-state index contributed by atoms with van der Waals surface area (Å²) < 4.78 is 80.7. The van der Waals surface area contributed by atoms with Crippen LogP contribution in [0.25, 0.3) is 11.3 Å². The molecule has 1 aromatic carbocycles.